The first-order valence-electron chi connectivity index (χ1n) is 5.79. The number of benzene rings is 1. The van der Waals surface area contributed by atoms with Gasteiger partial charge in [-0.05, 0) is 30.5 Å². The molecule has 18 heavy (non-hydrogen) atoms. The van der Waals surface area contributed by atoms with Crippen LogP contribution in [0.15, 0.2) is 24.3 Å². The van der Waals surface area contributed by atoms with Crippen LogP contribution in [0.4, 0.5) is 0 Å². The van der Waals surface area contributed by atoms with Gasteiger partial charge in [-0.1, -0.05) is 12.1 Å². The van der Waals surface area contributed by atoms with Crippen LogP contribution in [-0.2, 0) is 9.59 Å². The minimum absolute atomic E-state index is 0.112. The second kappa shape index (κ2) is 5.08. The number of piperidine rings is 1. The van der Waals surface area contributed by atoms with Gasteiger partial charge in [0.05, 0.1) is 13.2 Å². The lowest BCUT2D eigenvalue weighted by molar-refractivity contribution is -0.148. The molecule has 2 N–H and O–H groups in total. The molecule has 1 aromatic rings. The van der Waals surface area contributed by atoms with E-state index < -0.39 is 17.8 Å². The second-order valence-corrected chi connectivity index (χ2v) is 4.30. The molecule has 5 nitrogen and oxygen atoms in total. The first kappa shape index (κ1) is 12.4. The number of carbonyl (C=O) groups is 2. The molecule has 1 fully saturated rings. The Morgan fingerprint density at radius 3 is 2.50 bits per heavy atom. The van der Waals surface area contributed by atoms with E-state index in [1.165, 1.54) is 0 Å². The Balaban J connectivity index is 2.07. The third-order valence-electron chi connectivity index (χ3n) is 3.19. The SMILES string of the molecule is COc1ccc(C2CCC(C(=O)O)C(=O)N2)cc1. The van der Waals surface area contributed by atoms with E-state index in [1.54, 1.807) is 7.11 Å². The van der Waals surface area contributed by atoms with Crippen LogP contribution in [-0.4, -0.2) is 24.1 Å². The molecule has 0 spiro atoms. The van der Waals surface area contributed by atoms with Crippen LogP contribution in [0, 0.1) is 5.92 Å². The lowest BCUT2D eigenvalue weighted by Gasteiger charge is -2.27. The first-order valence-corrected chi connectivity index (χ1v) is 5.79. The molecule has 1 heterocycles. The van der Waals surface area contributed by atoms with E-state index in [4.69, 9.17) is 9.84 Å². The quantitative estimate of drug-likeness (QED) is 0.793. The van der Waals surface area contributed by atoms with Gasteiger partial charge >= 0.3 is 5.97 Å². The van der Waals surface area contributed by atoms with Gasteiger partial charge in [0.25, 0.3) is 0 Å². The Bertz CT molecular complexity index is 455. The monoisotopic (exact) mass is 249 g/mol. The van der Waals surface area contributed by atoms with Gasteiger partial charge in [0, 0.05) is 0 Å². The van der Waals surface area contributed by atoms with Gasteiger partial charge in [0.15, 0.2) is 0 Å². The zero-order chi connectivity index (χ0) is 13.1. The van der Waals surface area contributed by atoms with Gasteiger partial charge in [-0.3, -0.25) is 9.59 Å². The van der Waals surface area contributed by atoms with Crippen molar-refractivity contribution in [3.05, 3.63) is 29.8 Å². The van der Waals surface area contributed by atoms with Crippen molar-refractivity contribution in [2.45, 2.75) is 18.9 Å². The highest BCUT2D eigenvalue weighted by Crippen LogP contribution is 2.27. The number of hydrogen-bond acceptors (Lipinski definition) is 3. The fourth-order valence-corrected chi connectivity index (χ4v) is 2.13. The molecule has 1 aliphatic rings. The summed E-state index contributed by atoms with van der Waals surface area (Å²) < 4.78 is 5.06. The lowest BCUT2D eigenvalue weighted by atomic mass is 9.90. The molecule has 2 rings (SSSR count). The van der Waals surface area contributed by atoms with E-state index in [0.29, 0.717) is 12.8 Å². The van der Waals surface area contributed by atoms with Crippen molar-refractivity contribution >= 4 is 11.9 Å². The summed E-state index contributed by atoms with van der Waals surface area (Å²) >= 11 is 0. The summed E-state index contributed by atoms with van der Waals surface area (Å²) in [5.74, 6) is -1.63. The molecule has 0 aliphatic carbocycles. The number of carbonyl (C=O) groups excluding carboxylic acids is 1. The Morgan fingerprint density at radius 2 is 2.00 bits per heavy atom. The maximum Gasteiger partial charge on any atom is 0.316 e. The zero-order valence-corrected chi connectivity index (χ0v) is 10.1. The third kappa shape index (κ3) is 2.45. The highest BCUT2D eigenvalue weighted by atomic mass is 16.5. The van der Waals surface area contributed by atoms with Gasteiger partial charge in [0.2, 0.25) is 5.91 Å². The number of amides is 1. The van der Waals surface area contributed by atoms with E-state index in [0.717, 1.165) is 11.3 Å². The highest BCUT2D eigenvalue weighted by molar-refractivity contribution is 5.97. The summed E-state index contributed by atoms with van der Waals surface area (Å²) in [4.78, 5) is 22.4. The number of ether oxygens (including phenoxy) is 1. The Labute approximate surface area is 105 Å². The number of nitrogens with one attached hydrogen (secondary N) is 1. The number of carboxylic acid groups (broad SMARTS) is 1. The molecule has 2 unspecified atom stereocenters. The van der Waals surface area contributed by atoms with E-state index in [1.807, 2.05) is 24.3 Å². The van der Waals surface area contributed by atoms with Crippen LogP contribution in [0.2, 0.25) is 0 Å². The average Bonchev–Trinajstić information content (AvgIpc) is 2.38. The third-order valence-corrected chi connectivity index (χ3v) is 3.19. The molecule has 1 aromatic carbocycles. The van der Waals surface area contributed by atoms with Crippen molar-refractivity contribution in [2.24, 2.45) is 5.92 Å². The van der Waals surface area contributed by atoms with Crippen LogP contribution in [0.3, 0.4) is 0 Å². The van der Waals surface area contributed by atoms with E-state index in [-0.39, 0.29) is 6.04 Å². The highest BCUT2D eigenvalue weighted by Gasteiger charge is 2.33. The smallest absolute Gasteiger partial charge is 0.316 e. The van der Waals surface area contributed by atoms with Crippen molar-refractivity contribution in [1.82, 2.24) is 5.32 Å². The Hall–Kier alpha value is -2.04. The summed E-state index contributed by atoms with van der Waals surface area (Å²) in [5.41, 5.74) is 0.966. The molecular formula is C13H15NO4. The topological polar surface area (TPSA) is 75.6 Å². The predicted molar refractivity (Wildman–Crippen MR) is 64.2 cm³/mol. The molecule has 1 saturated heterocycles. The van der Waals surface area contributed by atoms with Crippen molar-refractivity contribution in [3.63, 3.8) is 0 Å². The number of carboxylic acids is 1. The van der Waals surface area contributed by atoms with Crippen LogP contribution >= 0.6 is 0 Å². The molecule has 0 radical (unpaired) electrons. The molecule has 1 aliphatic heterocycles. The molecular weight excluding hydrogens is 234 g/mol. The van der Waals surface area contributed by atoms with Crippen LogP contribution in [0.1, 0.15) is 24.4 Å². The summed E-state index contributed by atoms with van der Waals surface area (Å²) in [5, 5.41) is 11.6. The molecule has 2 atom stereocenters. The number of methoxy groups -OCH3 is 1. The molecule has 5 heteroatoms. The number of aliphatic carboxylic acids is 1. The molecule has 0 aromatic heterocycles. The predicted octanol–water partition coefficient (Wildman–Crippen LogP) is 1.35. The fourth-order valence-electron chi connectivity index (χ4n) is 2.13. The van der Waals surface area contributed by atoms with Crippen LogP contribution in [0.5, 0.6) is 5.75 Å². The van der Waals surface area contributed by atoms with Gasteiger partial charge in [0.1, 0.15) is 11.7 Å². The normalized spacial score (nSPS) is 23.3. The fraction of sp³-hybridized carbons (Fsp3) is 0.385. The number of rotatable bonds is 3. The van der Waals surface area contributed by atoms with Crippen LogP contribution < -0.4 is 10.1 Å². The molecule has 1 amide bonds. The summed E-state index contributed by atoms with van der Waals surface area (Å²) in [7, 11) is 1.59. The standard InChI is InChI=1S/C13H15NO4/c1-18-9-4-2-8(3-5-9)11-7-6-10(13(16)17)12(15)14-11/h2-5,10-11H,6-7H2,1H3,(H,14,15)(H,16,17). The summed E-state index contributed by atoms with van der Waals surface area (Å²) in [6.07, 6.45) is 1.01. The zero-order valence-electron chi connectivity index (χ0n) is 10.1. The largest absolute Gasteiger partial charge is 0.497 e. The summed E-state index contributed by atoms with van der Waals surface area (Å²) in [6.45, 7) is 0. The Morgan fingerprint density at radius 1 is 1.33 bits per heavy atom. The van der Waals surface area contributed by atoms with Crippen LogP contribution in [0.25, 0.3) is 0 Å². The van der Waals surface area contributed by atoms with E-state index >= 15 is 0 Å². The minimum atomic E-state index is -1.05. The maximum atomic E-state index is 11.6. The molecule has 0 bridgehead atoms. The second-order valence-electron chi connectivity index (χ2n) is 4.30. The Kier molecular flexibility index (Phi) is 3.50. The van der Waals surface area contributed by atoms with Gasteiger partial charge in [-0.25, -0.2) is 0 Å². The van der Waals surface area contributed by atoms with Crippen molar-refractivity contribution in [1.29, 1.82) is 0 Å². The average molecular weight is 249 g/mol. The summed E-state index contributed by atoms with van der Waals surface area (Å²) in [6, 6.07) is 7.30. The van der Waals surface area contributed by atoms with E-state index in [9.17, 15) is 9.59 Å². The van der Waals surface area contributed by atoms with Crippen molar-refractivity contribution in [2.75, 3.05) is 7.11 Å². The minimum Gasteiger partial charge on any atom is -0.497 e. The van der Waals surface area contributed by atoms with Gasteiger partial charge in [-0.2, -0.15) is 0 Å². The van der Waals surface area contributed by atoms with Crippen molar-refractivity contribution < 1.29 is 19.4 Å². The van der Waals surface area contributed by atoms with Crippen molar-refractivity contribution in [3.8, 4) is 5.75 Å². The lowest BCUT2D eigenvalue weighted by Crippen LogP contribution is -2.42. The molecule has 96 valence electrons. The first-order chi connectivity index (χ1) is 8.61. The maximum absolute atomic E-state index is 11.6. The van der Waals surface area contributed by atoms with Gasteiger partial charge < -0.3 is 15.2 Å². The molecule has 0 saturated carbocycles. The van der Waals surface area contributed by atoms with Gasteiger partial charge in [-0.15, -0.1) is 0 Å². The number of hydrogen-bond donors (Lipinski definition) is 2. The van der Waals surface area contributed by atoms with E-state index in [2.05, 4.69) is 5.32 Å².